The third-order valence-corrected chi connectivity index (χ3v) is 6.70. The van der Waals surface area contributed by atoms with Gasteiger partial charge in [0, 0.05) is 16.5 Å². The van der Waals surface area contributed by atoms with Gasteiger partial charge in [-0.15, -0.1) is 0 Å². The van der Waals surface area contributed by atoms with Crippen LogP contribution in [0.4, 0.5) is 35.1 Å². The quantitative estimate of drug-likeness (QED) is 0.213. The van der Waals surface area contributed by atoms with Crippen molar-refractivity contribution < 1.29 is 39.9 Å². The Morgan fingerprint density at radius 3 is 2.00 bits per heavy atom. The Balaban J connectivity index is 1.99. The van der Waals surface area contributed by atoms with Crippen LogP contribution in [0.1, 0.15) is 38.2 Å². The molecule has 4 aromatic carbocycles. The molecule has 0 saturated heterocycles. The highest BCUT2D eigenvalue weighted by atomic mass is 79.9. The summed E-state index contributed by atoms with van der Waals surface area (Å²) >= 11 is 3.29. The lowest BCUT2D eigenvalue weighted by molar-refractivity contribution is -0.140. The molecule has 0 unspecified atom stereocenters. The van der Waals surface area contributed by atoms with Crippen LogP contribution in [0.15, 0.2) is 95.5 Å². The summed E-state index contributed by atoms with van der Waals surface area (Å²) in [5, 5.41) is 2.58. The fraction of sp³-hybridized carbons (Fsp3) is 0.138. The van der Waals surface area contributed by atoms with E-state index in [1.54, 1.807) is 36.4 Å². The van der Waals surface area contributed by atoms with Crippen molar-refractivity contribution in [3.05, 3.63) is 140 Å². The molecule has 208 valence electrons. The van der Waals surface area contributed by atoms with E-state index in [0.717, 1.165) is 12.1 Å². The maximum Gasteiger partial charge on any atom is 0.419 e. The van der Waals surface area contributed by atoms with Crippen LogP contribution >= 0.6 is 15.9 Å². The van der Waals surface area contributed by atoms with E-state index >= 15 is 0 Å². The van der Waals surface area contributed by atoms with Crippen LogP contribution < -0.4 is 5.32 Å². The number of carbonyl (C=O) groups excluding carboxylic acids is 1. The first kappa shape index (κ1) is 29.3. The number of carbonyl (C=O) groups is 1. The van der Waals surface area contributed by atoms with Crippen LogP contribution in [0.25, 0.3) is 0 Å². The van der Waals surface area contributed by atoms with E-state index in [1.807, 2.05) is 0 Å². The van der Waals surface area contributed by atoms with E-state index in [9.17, 15) is 39.9 Å². The van der Waals surface area contributed by atoms with E-state index in [1.165, 1.54) is 18.2 Å². The third kappa shape index (κ3) is 6.35. The van der Waals surface area contributed by atoms with Gasteiger partial charge < -0.3 is 5.32 Å². The predicted molar refractivity (Wildman–Crippen MR) is 135 cm³/mol. The van der Waals surface area contributed by atoms with Crippen LogP contribution in [0.3, 0.4) is 0 Å². The van der Waals surface area contributed by atoms with Crippen molar-refractivity contribution in [2.75, 3.05) is 0 Å². The number of alkyl halides is 6. The fourth-order valence-electron chi connectivity index (χ4n) is 4.36. The lowest BCUT2D eigenvalue weighted by atomic mass is 9.77. The Labute approximate surface area is 231 Å². The Morgan fingerprint density at radius 2 is 1.38 bits per heavy atom. The number of hydrogen-bond donors (Lipinski definition) is 1. The van der Waals surface area contributed by atoms with Crippen molar-refractivity contribution in [1.82, 2.24) is 5.32 Å². The molecule has 0 bridgehead atoms. The van der Waals surface area contributed by atoms with E-state index in [-0.39, 0.29) is 17.5 Å². The van der Waals surface area contributed by atoms with Gasteiger partial charge in [0.05, 0.1) is 16.7 Å². The maximum absolute atomic E-state index is 14.7. The van der Waals surface area contributed by atoms with Crippen molar-refractivity contribution >= 4 is 21.8 Å². The molecule has 0 aromatic heterocycles. The SMILES string of the molecule is O=C(N[C@](Cc1ccccc1)(c1cccc(Br)c1)c1cc(F)cc(C(F)(F)F)c1)c1ccc(F)c(C(F)(F)F)c1. The van der Waals surface area contributed by atoms with Crippen molar-refractivity contribution in [3.8, 4) is 0 Å². The molecule has 0 aliphatic carbocycles. The molecule has 2 nitrogen and oxygen atoms in total. The van der Waals surface area contributed by atoms with Crippen molar-refractivity contribution in [2.45, 2.75) is 24.3 Å². The van der Waals surface area contributed by atoms with E-state index < -0.39 is 52.1 Å². The van der Waals surface area contributed by atoms with Crippen LogP contribution in [0.2, 0.25) is 0 Å². The Hall–Kier alpha value is -3.73. The molecule has 0 aliphatic heterocycles. The summed E-state index contributed by atoms with van der Waals surface area (Å²) in [6, 6.07) is 17.8. The minimum absolute atomic E-state index is 0.205. The Kier molecular flexibility index (Phi) is 8.07. The summed E-state index contributed by atoms with van der Waals surface area (Å²) in [5.74, 6) is -4.00. The van der Waals surface area contributed by atoms with Gasteiger partial charge in [0.1, 0.15) is 11.6 Å². The van der Waals surface area contributed by atoms with Gasteiger partial charge in [-0.25, -0.2) is 8.78 Å². The molecule has 0 aliphatic rings. The molecule has 40 heavy (non-hydrogen) atoms. The van der Waals surface area contributed by atoms with Crippen molar-refractivity contribution in [2.24, 2.45) is 0 Å². The van der Waals surface area contributed by atoms with Gasteiger partial charge in [-0.2, -0.15) is 26.3 Å². The Morgan fingerprint density at radius 1 is 0.700 bits per heavy atom. The topological polar surface area (TPSA) is 29.1 Å². The first-order valence-corrected chi connectivity index (χ1v) is 12.4. The minimum atomic E-state index is -5.12. The lowest BCUT2D eigenvalue weighted by Gasteiger charge is -2.37. The zero-order valence-electron chi connectivity index (χ0n) is 20.2. The predicted octanol–water partition coefficient (Wildman–Crippen LogP) is 8.68. The van der Waals surface area contributed by atoms with E-state index in [0.29, 0.717) is 34.3 Å². The maximum atomic E-state index is 14.7. The number of rotatable bonds is 6. The van der Waals surface area contributed by atoms with Crippen molar-refractivity contribution in [1.29, 1.82) is 0 Å². The van der Waals surface area contributed by atoms with Gasteiger partial charge in [0.2, 0.25) is 0 Å². The van der Waals surface area contributed by atoms with Gasteiger partial charge in [-0.1, -0.05) is 58.4 Å². The van der Waals surface area contributed by atoms with Gasteiger partial charge in [0.15, 0.2) is 0 Å². The second kappa shape index (κ2) is 11.0. The molecular weight excluding hydrogens is 610 g/mol. The van der Waals surface area contributed by atoms with Gasteiger partial charge in [0.25, 0.3) is 5.91 Å². The average molecular weight is 628 g/mol. The first-order valence-electron chi connectivity index (χ1n) is 11.6. The molecule has 4 rings (SSSR count). The van der Waals surface area contributed by atoms with Gasteiger partial charge >= 0.3 is 12.4 Å². The number of amides is 1. The second-order valence-electron chi connectivity index (χ2n) is 8.95. The molecule has 0 radical (unpaired) electrons. The first-order chi connectivity index (χ1) is 18.7. The summed E-state index contributed by atoms with van der Waals surface area (Å²) in [6.45, 7) is 0. The molecular formula is C29H18BrF8NO. The normalized spacial score (nSPS) is 13.5. The molecule has 1 amide bonds. The Bertz CT molecular complexity index is 1540. The summed E-state index contributed by atoms with van der Waals surface area (Å²) in [7, 11) is 0. The molecule has 1 N–H and O–H groups in total. The minimum Gasteiger partial charge on any atom is -0.338 e. The molecule has 0 saturated carbocycles. The zero-order chi connectivity index (χ0) is 29.3. The zero-order valence-corrected chi connectivity index (χ0v) is 21.8. The van der Waals surface area contributed by atoms with E-state index in [2.05, 4.69) is 21.2 Å². The number of halogens is 9. The standard InChI is InChI=1S/C29H18BrF8NO/c30-22-8-4-7-19(13-22)27(16-17-5-2-1-3-6-17,20-12-21(28(33,34)35)15-23(31)14-20)39-26(40)18-9-10-25(32)24(11-18)29(36,37)38/h1-15H,16H2,(H,39,40)/t27-/m1/s1. The highest BCUT2D eigenvalue weighted by Crippen LogP contribution is 2.39. The largest absolute Gasteiger partial charge is 0.419 e. The second-order valence-corrected chi connectivity index (χ2v) is 9.87. The monoisotopic (exact) mass is 627 g/mol. The number of hydrogen-bond acceptors (Lipinski definition) is 1. The molecule has 0 heterocycles. The average Bonchev–Trinajstić information content (AvgIpc) is 2.87. The molecule has 1 atom stereocenters. The van der Waals surface area contributed by atoms with Crippen molar-refractivity contribution in [3.63, 3.8) is 0 Å². The summed E-state index contributed by atoms with van der Waals surface area (Å²) in [6.07, 6.45) is -10.3. The summed E-state index contributed by atoms with van der Waals surface area (Å²) < 4.78 is 110. The highest BCUT2D eigenvalue weighted by Gasteiger charge is 2.41. The highest BCUT2D eigenvalue weighted by molar-refractivity contribution is 9.10. The van der Waals surface area contributed by atoms with Crippen LogP contribution in [0.5, 0.6) is 0 Å². The molecule has 11 heteroatoms. The fourth-order valence-corrected chi connectivity index (χ4v) is 4.76. The molecule has 4 aromatic rings. The third-order valence-electron chi connectivity index (χ3n) is 6.21. The summed E-state index contributed by atoms with van der Waals surface area (Å²) in [5.41, 5.74) is -5.14. The van der Waals surface area contributed by atoms with Gasteiger partial charge in [-0.05, 0) is 65.2 Å². The van der Waals surface area contributed by atoms with Crippen LogP contribution in [-0.2, 0) is 24.3 Å². The molecule has 0 fully saturated rings. The smallest absolute Gasteiger partial charge is 0.338 e. The lowest BCUT2D eigenvalue weighted by Crippen LogP contribution is -2.49. The van der Waals surface area contributed by atoms with Crippen LogP contribution in [-0.4, -0.2) is 5.91 Å². The van der Waals surface area contributed by atoms with Gasteiger partial charge in [-0.3, -0.25) is 4.79 Å². The van der Waals surface area contributed by atoms with Crippen LogP contribution in [0, 0.1) is 11.6 Å². The molecule has 0 spiro atoms. The summed E-state index contributed by atoms with van der Waals surface area (Å²) in [4.78, 5) is 13.5. The number of benzene rings is 4. The van der Waals surface area contributed by atoms with E-state index in [4.69, 9.17) is 0 Å². The number of nitrogens with one attached hydrogen (secondary N) is 1.